The lowest BCUT2D eigenvalue weighted by Gasteiger charge is -2.01. The Bertz CT molecular complexity index is 491. The third-order valence-corrected chi connectivity index (χ3v) is 2.78. The average Bonchev–Trinajstić information content (AvgIpc) is 2.88. The first-order valence-electron chi connectivity index (χ1n) is 6.59. The smallest absolute Gasteiger partial charge is 0.226 e. The van der Waals surface area contributed by atoms with Crippen LogP contribution in [-0.2, 0) is 11.3 Å². The predicted molar refractivity (Wildman–Crippen MR) is 74.9 cm³/mol. The van der Waals surface area contributed by atoms with E-state index in [0.29, 0.717) is 12.4 Å². The fourth-order valence-electron chi connectivity index (χ4n) is 1.72. The number of hydrogen-bond donors (Lipinski definition) is 1. The predicted octanol–water partition coefficient (Wildman–Crippen LogP) is 2.78. The SMILES string of the molecule is CCOCCNCc1coc(-c2ccc(C)cc2)n1. The highest BCUT2D eigenvalue weighted by Crippen LogP contribution is 2.18. The van der Waals surface area contributed by atoms with Gasteiger partial charge in [-0.2, -0.15) is 0 Å². The van der Waals surface area contributed by atoms with Crippen molar-refractivity contribution in [2.45, 2.75) is 20.4 Å². The van der Waals surface area contributed by atoms with Crippen molar-refractivity contribution < 1.29 is 9.15 Å². The summed E-state index contributed by atoms with van der Waals surface area (Å²) in [6.07, 6.45) is 1.70. The Balaban J connectivity index is 1.86. The minimum Gasteiger partial charge on any atom is -0.444 e. The van der Waals surface area contributed by atoms with Gasteiger partial charge < -0.3 is 14.5 Å². The molecule has 4 heteroatoms. The molecular weight excluding hydrogens is 240 g/mol. The van der Waals surface area contributed by atoms with E-state index in [1.165, 1.54) is 5.56 Å². The molecule has 1 N–H and O–H groups in total. The van der Waals surface area contributed by atoms with Crippen molar-refractivity contribution in [3.8, 4) is 11.5 Å². The molecule has 1 aromatic carbocycles. The standard InChI is InChI=1S/C15H20N2O2/c1-3-18-9-8-16-10-14-11-19-15(17-14)13-6-4-12(2)5-7-13/h4-7,11,16H,3,8-10H2,1-2H3. The zero-order chi connectivity index (χ0) is 13.5. The van der Waals surface area contributed by atoms with E-state index in [1.54, 1.807) is 6.26 Å². The van der Waals surface area contributed by atoms with Crippen molar-refractivity contribution in [3.05, 3.63) is 41.8 Å². The minimum atomic E-state index is 0.668. The van der Waals surface area contributed by atoms with Gasteiger partial charge in [-0.3, -0.25) is 0 Å². The van der Waals surface area contributed by atoms with Crippen LogP contribution in [0.15, 0.2) is 34.9 Å². The van der Waals surface area contributed by atoms with Crippen LogP contribution in [0.25, 0.3) is 11.5 Å². The number of hydrogen-bond acceptors (Lipinski definition) is 4. The van der Waals surface area contributed by atoms with Gasteiger partial charge in [-0.05, 0) is 26.0 Å². The van der Waals surface area contributed by atoms with Crippen LogP contribution in [0.2, 0.25) is 0 Å². The minimum absolute atomic E-state index is 0.668. The molecule has 0 saturated heterocycles. The van der Waals surface area contributed by atoms with Gasteiger partial charge >= 0.3 is 0 Å². The van der Waals surface area contributed by atoms with Crippen molar-refractivity contribution in [3.63, 3.8) is 0 Å². The van der Waals surface area contributed by atoms with Crippen molar-refractivity contribution in [2.75, 3.05) is 19.8 Å². The summed E-state index contributed by atoms with van der Waals surface area (Å²) in [6.45, 7) is 7.05. The maximum Gasteiger partial charge on any atom is 0.226 e. The van der Waals surface area contributed by atoms with Crippen LogP contribution in [-0.4, -0.2) is 24.7 Å². The summed E-state index contributed by atoms with van der Waals surface area (Å²) < 4.78 is 10.7. The second kappa shape index (κ2) is 7.07. The fourth-order valence-corrected chi connectivity index (χ4v) is 1.72. The van der Waals surface area contributed by atoms with E-state index in [0.717, 1.165) is 31.0 Å². The van der Waals surface area contributed by atoms with Crippen LogP contribution in [0.3, 0.4) is 0 Å². The molecule has 0 spiro atoms. The summed E-state index contributed by atoms with van der Waals surface area (Å²) in [4.78, 5) is 4.46. The Hall–Kier alpha value is -1.65. The molecule has 1 aromatic heterocycles. The Morgan fingerprint density at radius 1 is 1.26 bits per heavy atom. The topological polar surface area (TPSA) is 47.3 Å². The fraction of sp³-hybridized carbons (Fsp3) is 0.400. The van der Waals surface area contributed by atoms with Gasteiger partial charge in [0.15, 0.2) is 0 Å². The molecule has 2 rings (SSSR count). The number of oxazole rings is 1. The van der Waals surface area contributed by atoms with Crippen molar-refractivity contribution in [2.24, 2.45) is 0 Å². The molecule has 1 heterocycles. The van der Waals surface area contributed by atoms with Gasteiger partial charge in [-0.15, -0.1) is 0 Å². The number of aryl methyl sites for hydroxylation is 1. The van der Waals surface area contributed by atoms with E-state index < -0.39 is 0 Å². The van der Waals surface area contributed by atoms with E-state index in [2.05, 4.69) is 29.4 Å². The van der Waals surface area contributed by atoms with Crippen molar-refractivity contribution in [1.29, 1.82) is 0 Å². The van der Waals surface area contributed by atoms with E-state index in [9.17, 15) is 0 Å². The zero-order valence-corrected chi connectivity index (χ0v) is 11.5. The lowest BCUT2D eigenvalue weighted by atomic mass is 10.1. The summed E-state index contributed by atoms with van der Waals surface area (Å²) in [5, 5.41) is 3.26. The molecule has 0 saturated carbocycles. The number of nitrogens with one attached hydrogen (secondary N) is 1. The molecule has 0 aliphatic carbocycles. The highest BCUT2D eigenvalue weighted by Gasteiger charge is 2.05. The molecule has 0 aliphatic heterocycles. The molecule has 0 bridgehead atoms. The number of nitrogens with zero attached hydrogens (tertiary/aromatic N) is 1. The Kier molecular flexibility index (Phi) is 5.12. The van der Waals surface area contributed by atoms with Crippen LogP contribution in [0.4, 0.5) is 0 Å². The first-order chi connectivity index (χ1) is 9.29. The van der Waals surface area contributed by atoms with E-state index in [4.69, 9.17) is 9.15 Å². The molecule has 19 heavy (non-hydrogen) atoms. The van der Waals surface area contributed by atoms with Gasteiger partial charge in [0, 0.05) is 25.3 Å². The third-order valence-electron chi connectivity index (χ3n) is 2.78. The number of aromatic nitrogens is 1. The highest BCUT2D eigenvalue weighted by molar-refractivity contribution is 5.53. The molecule has 0 unspecified atom stereocenters. The molecule has 0 amide bonds. The number of rotatable bonds is 7. The van der Waals surface area contributed by atoms with E-state index in [1.807, 2.05) is 19.1 Å². The van der Waals surface area contributed by atoms with Gasteiger partial charge in [0.05, 0.1) is 12.3 Å². The second-order valence-electron chi connectivity index (χ2n) is 4.38. The summed E-state index contributed by atoms with van der Waals surface area (Å²) in [5.41, 5.74) is 3.14. The summed E-state index contributed by atoms with van der Waals surface area (Å²) in [5.74, 6) is 0.668. The molecule has 0 atom stereocenters. The van der Waals surface area contributed by atoms with Gasteiger partial charge in [0.2, 0.25) is 5.89 Å². The molecule has 0 radical (unpaired) electrons. The van der Waals surface area contributed by atoms with Gasteiger partial charge in [0.1, 0.15) is 6.26 Å². The largest absolute Gasteiger partial charge is 0.444 e. The molecule has 102 valence electrons. The first-order valence-corrected chi connectivity index (χ1v) is 6.59. The number of ether oxygens (including phenoxy) is 1. The van der Waals surface area contributed by atoms with Gasteiger partial charge in [0.25, 0.3) is 0 Å². The quantitative estimate of drug-likeness (QED) is 0.778. The van der Waals surface area contributed by atoms with E-state index in [-0.39, 0.29) is 0 Å². The molecule has 2 aromatic rings. The summed E-state index contributed by atoms with van der Waals surface area (Å²) in [7, 11) is 0. The zero-order valence-electron chi connectivity index (χ0n) is 11.5. The Morgan fingerprint density at radius 3 is 2.79 bits per heavy atom. The maximum atomic E-state index is 5.49. The van der Waals surface area contributed by atoms with Crippen molar-refractivity contribution in [1.82, 2.24) is 10.3 Å². The highest BCUT2D eigenvalue weighted by atomic mass is 16.5. The molecule has 0 aliphatic rings. The lowest BCUT2D eigenvalue weighted by Crippen LogP contribution is -2.19. The number of benzene rings is 1. The Morgan fingerprint density at radius 2 is 2.05 bits per heavy atom. The lowest BCUT2D eigenvalue weighted by molar-refractivity contribution is 0.149. The molecule has 4 nitrogen and oxygen atoms in total. The van der Waals surface area contributed by atoms with Gasteiger partial charge in [-0.25, -0.2) is 4.98 Å². The summed E-state index contributed by atoms with van der Waals surface area (Å²) in [6, 6.07) is 8.15. The maximum absolute atomic E-state index is 5.49. The van der Waals surface area contributed by atoms with Crippen LogP contribution >= 0.6 is 0 Å². The monoisotopic (exact) mass is 260 g/mol. The van der Waals surface area contributed by atoms with Crippen molar-refractivity contribution >= 4 is 0 Å². The van der Waals surface area contributed by atoms with E-state index >= 15 is 0 Å². The first kappa shape index (κ1) is 13.8. The average molecular weight is 260 g/mol. The van der Waals surface area contributed by atoms with Crippen LogP contribution in [0.1, 0.15) is 18.2 Å². The van der Waals surface area contributed by atoms with Crippen LogP contribution in [0, 0.1) is 6.92 Å². The summed E-state index contributed by atoms with van der Waals surface area (Å²) >= 11 is 0. The molecule has 0 fully saturated rings. The van der Waals surface area contributed by atoms with Crippen LogP contribution in [0.5, 0.6) is 0 Å². The van der Waals surface area contributed by atoms with Crippen LogP contribution < -0.4 is 5.32 Å². The third kappa shape index (κ3) is 4.19. The second-order valence-corrected chi connectivity index (χ2v) is 4.38. The van der Waals surface area contributed by atoms with Gasteiger partial charge in [-0.1, -0.05) is 17.7 Å². The normalized spacial score (nSPS) is 10.8. The molecular formula is C15H20N2O2. The Labute approximate surface area is 113 Å².